The van der Waals surface area contributed by atoms with Crippen molar-refractivity contribution >= 4 is 35.1 Å². The van der Waals surface area contributed by atoms with Gasteiger partial charge < -0.3 is 5.21 Å². The number of nitrogens with zero attached hydrogens (tertiary/aromatic N) is 3. The molecule has 1 aromatic carbocycles. The lowest BCUT2D eigenvalue weighted by atomic mass is 10.2. The van der Waals surface area contributed by atoms with Crippen LogP contribution in [0.3, 0.4) is 0 Å². The summed E-state index contributed by atoms with van der Waals surface area (Å²) in [7, 11) is 0. The van der Waals surface area contributed by atoms with Crippen LogP contribution in [0.25, 0.3) is 0 Å². The predicted octanol–water partition coefficient (Wildman–Crippen LogP) is 4.06. The second-order valence-corrected chi connectivity index (χ2v) is 7.73. The molecular weight excluding hydrogens is 326 g/mol. The Morgan fingerprint density at radius 1 is 1.48 bits per heavy atom. The average molecular weight is 338 g/mol. The van der Waals surface area contributed by atoms with Crippen LogP contribution in [-0.4, -0.2) is 20.7 Å². The summed E-state index contributed by atoms with van der Waals surface area (Å²) in [5.41, 5.74) is 1.94. The molecule has 2 heterocycles. The zero-order valence-corrected chi connectivity index (χ0v) is 13.3. The topological polar surface area (TPSA) is 61.8 Å². The van der Waals surface area contributed by atoms with Crippen molar-refractivity contribution in [2.75, 3.05) is 5.75 Å². The molecule has 1 aromatic heterocycles. The Labute approximate surface area is 136 Å². The number of hydrogen-bond acceptors (Lipinski definition) is 5. The van der Waals surface area contributed by atoms with Gasteiger partial charge in [-0.2, -0.15) is 9.99 Å². The molecule has 1 fully saturated rings. The Kier molecular flexibility index (Phi) is 4.34. The first-order valence-electron chi connectivity index (χ1n) is 6.35. The highest BCUT2D eigenvalue weighted by atomic mass is 35.5. The molecule has 1 N–H and O–H groups in total. The van der Waals surface area contributed by atoms with Crippen molar-refractivity contribution in [1.82, 2.24) is 9.71 Å². The number of halogens is 1. The van der Waals surface area contributed by atoms with E-state index in [-0.39, 0.29) is 11.0 Å². The number of aromatic nitrogens is 2. The van der Waals surface area contributed by atoms with E-state index in [1.165, 1.54) is 0 Å². The third kappa shape index (κ3) is 3.00. The highest BCUT2D eigenvalue weighted by molar-refractivity contribution is 8.19. The molecule has 1 aliphatic rings. The summed E-state index contributed by atoms with van der Waals surface area (Å²) in [5.74, 6) is 1.33. The molecule has 0 radical (unpaired) electrons. The lowest BCUT2D eigenvalue weighted by molar-refractivity contribution is 0.177. The van der Waals surface area contributed by atoms with E-state index >= 15 is 0 Å². The molecular formula is C14H12ClN3OS2. The number of nitriles is 1. The van der Waals surface area contributed by atoms with E-state index in [1.807, 2.05) is 24.3 Å². The number of imidazole rings is 1. The maximum Gasteiger partial charge on any atom is 0.158 e. The summed E-state index contributed by atoms with van der Waals surface area (Å²) in [6, 6.07) is 9.87. The molecule has 0 amide bonds. The SMILES string of the molecule is N#CCc1nc(C2SCC(c3ccccc3Cl)S2)cn1O. The zero-order chi connectivity index (χ0) is 14.8. The van der Waals surface area contributed by atoms with E-state index in [0.717, 1.165) is 26.8 Å². The van der Waals surface area contributed by atoms with E-state index < -0.39 is 0 Å². The molecule has 2 unspecified atom stereocenters. The van der Waals surface area contributed by atoms with Gasteiger partial charge in [0.15, 0.2) is 5.82 Å². The van der Waals surface area contributed by atoms with Gasteiger partial charge in [0.25, 0.3) is 0 Å². The van der Waals surface area contributed by atoms with Gasteiger partial charge in [0.05, 0.1) is 29.0 Å². The van der Waals surface area contributed by atoms with E-state index in [1.54, 1.807) is 29.7 Å². The van der Waals surface area contributed by atoms with Gasteiger partial charge in [-0.3, -0.25) is 0 Å². The summed E-state index contributed by atoms with van der Waals surface area (Å²) >= 11 is 9.81. The molecule has 4 nitrogen and oxygen atoms in total. The molecule has 7 heteroatoms. The van der Waals surface area contributed by atoms with Gasteiger partial charge in [0.1, 0.15) is 0 Å². The highest BCUT2D eigenvalue weighted by Crippen LogP contribution is 2.56. The normalized spacial score (nSPS) is 21.3. The summed E-state index contributed by atoms with van der Waals surface area (Å²) in [4.78, 5) is 4.35. The molecule has 21 heavy (non-hydrogen) atoms. The Morgan fingerprint density at radius 2 is 2.29 bits per heavy atom. The monoisotopic (exact) mass is 337 g/mol. The minimum absolute atomic E-state index is 0.104. The van der Waals surface area contributed by atoms with Crippen LogP contribution in [0, 0.1) is 11.3 Å². The summed E-state index contributed by atoms with van der Waals surface area (Å²) in [6.07, 6.45) is 1.69. The summed E-state index contributed by atoms with van der Waals surface area (Å²) in [5, 5.41) is 19.5. The van der Waals surface area contributed by atoms with Gasteiger partial charge in [-0.25, -0.2) is 4.98 Å². The first kappa shape index (κ1) is 14.6. The quantitative estimate of drug-likeness (QED) is 0.856. The van der Waals surface area contributed by atoms with E-state index in [2.05, 4.69) is 11.1 Å². The van der Waals surface area contributed by atoms with Gasteiger partial charge in [0, 0.05) is 16.0 Å². The van der Waals surface area contributed by atoms with Crippen LogP contribution in [0.2, 0.25) is 5.02 Å². The smallest absolute Gasteiger partial charge is 0.158 e. The third-order valence-electron chi connectivity index (χ3n) is 3.19. The molecule has 0 aliphatic carbocycles. The van der Waals surface area contributed by atoms with E-state index in [9.17, 15) is 5.21 Å². The average Bonchev–Trinajstić information content (AvgIpc) is 3.08. The second-order valence-electron chi connectivity index (χ2n) is 4.57. The second kappa shape index (κ2) is 6.22. The van der Waals surface area contributed by atoms with Crippen LogP contribution in [0.5, 0.6) is 0 Å². The number of benzene rings is 1. The Hall–Kier alpha value is -1.29. The lowest BCUT2D eigenvalue weighted by Crippen LogP contribution is -1.95. The first-order valence-corrected chi connectivity index (χ1v) is 8.72. The fraction of sp³-hybridized carbons (Fsp3) is 0.286. The Morgan fingerprint density at radius 3 is 3.05 bits per heavy atom. The molecule has 1 aliphatic heterocycles. The van der Waals surface area contributed by atoms with Crippen LogP contribution in [0.15, 0.2) is 30.5 Å². The number of hydrogen-bond donors (Lipinski definition) is 1. The highest BCUT2D eigenvalue weighted by Gasteiger charge is 2.31. The van der Waals surface area contributed by atoms with Crippen molar-refractivity contribution in [1.29, 1.82) is 5.26 Å². The van der Waals surface area contributed by atoms with Crippen molar-refractivity contribution in [3.05, 3.63) is 52.6 Å². The Bertz CT molecular complexity index is 698. The van der Waals surface area contributed by atoms with Gasteiger partial charge in [-0.15, -0.1) is 23.5 Å². The minimum Gasteiger partial charge on any atom is -0.427 e. The van der Waals surface area contributed by atoms with Crippen molar-refractivity contribution in [3.8, 4) is 6.07 Å². The minimum atomic E-state index is 0.104. The Balaban J connectivity index is 1.77. The van der Waals surface area contributed by atoms with E-state index in [4.69, 9.17) is 16.9 Å². The first-order chi connectivity index (χ1) is 10.2. The number of thioether (sulfide) groups is 2. The van der Waals surface area contributed by atoms with E-state index in [0.29, 0.717) is 11.1 Å². The maximum atomic E-state index is 9.71. The zero-order valence-electron chi connectivity index (χ0n) is 10.9. The van der Waals surface area contributed by atoms with Crippen LogP contribution >= 0.6 is 35.1 Å². The van der Waals surface area contributed by atoms with Crippen molar-refractivity contribution in [2.45, 2.75) is 16.3 Å². The van der Waals surface area contributed by atoms with Crippen molar-refractivity contribution in [2.24, 2.45) is 0 Å². The third-order valence-corrected chi connectivity index (χ3v) is 6.80. The summed E-state index contributed by atoms with van der Waals surface area (Å²) in [6.45, 7) is 0. The van der Waals surface area contributed by atoms with Gasteiger partial charge in [0.2, 0.25) is 0 Å². The fourth-order valence-electron chi connectivity index (χ4n) is 2.19. The van der Waals surface area contributed by atoms with Gasteiger partial charge >= 0.3 is 0 Å². The molecule has 0 spiro atoms. The van der Waals surface area contributed by atoms with Crippen LogP contribution < -0.4 is 0 Å². The standard InChI is InChI=1S/C14H12ClN3OS2/c15-10-4-2-1-3-9(10)12-8-20-14(21-12)11-7-18(19)13(17-11)5-6-16/h1-4,7,12,14,19H,5,8H2. The van der Waals surface area contributed by atoms with Crippen LogP contribution in [0.4, 0.5) is 0 Å². The van der Waals surface area contributed by atoms with Gasteiger partial charge in [-0.05, 0) is 11.6 Å². The van der Waals surface area contributed by atoms with Crippen molar-refractivity contribution < 1.29 is 5.21 Å². The maximum absolute atomic E-state index is 9.71. The fourth-order valence-corrected chi connectivity index (χ4v) is 5.74. The summed E-state index contributed by atoms with van der Waals surface area (Å²) < 4.78 is 1.10. The molecule has 0 bridgehead atoms. The van der Waals surface area contributed by atoms with Crippen LogP contribution in [-0.2, 0) is 6.42 Å². The molecule has 2 atom stereocenters. The molecule has 3 rings (SSSR count). The predicted molar refractivity (Wildman–Crippen MR) is 85.7 cm³/mol. The van der Waals surface area contributed by atoms with Crippen molar-refractivity contribution in [3.63, 3.8) is 0 Å². The molecule has 108 valence electrons. The van der Waals surface area contributed by atoms with Crippen LogP contribution in [0.1, 0.15) is 26.9 Å². The van der Waals surface area contributed by atoms with Gasteiger partial charge in [-0.1, -0.05) is 29.8 Å². The lowest BCUT2D eigenvalue weighted by Gasteiger charge is -2.10. The molecule has 0 saturated carbocycles. The molecule has 1 saturated heterocycles. The largest absolute Gasteiger partial charge is 0.427 e. The molecule has 2 aromatic rings. The number of rotatable bonds is 3.